The molecule has 0 aromatic heterocycles. The number of rotatable bonds is 6. The van der Waals surface area contributed by atoms with E-state index in [0.717, 1.165) is 13.1 Å². The zero-order valence-electron chi connectivity index (χ0n) is 21.1. The van der Waals surface area contributed by atoms with Gasteiger partial charge >= 0.3 is 0 Å². The summed E-state index contributed by atoms with van der Waals surface area (Å²) in [6, 6.07) is 19.2. The SMILES string of the molecule is CC.CCC.Cc1ccc(N(CCC#N)CCC(C)C)cc1.Cc1cccc(C)c1. The maximum atomic E-state index is 8.71. The van der Waals surface area contributed by atoms with Crippen molar-refractivity contribution in [2.75, 3.05) is 18.0 Å². The Morgan fingerprint density at radius 1 is 0.833 bits per heavy atom. The molecule has 168 valence electrons. The van der Waals surface area contributed by atoms with Crippen LogP contribution in [-0.4, -0.2) is 13.1 Å². The van der Waals surface area contributed by atoms with Crippen LogP contribution in [0.5, 0.6) is 0 Å². The molecule has 2 aromatic rings. The molecule has 30 heavy (non-hydrogen) atoms. The molecule has 0 aliphatic rings. The van der Waals surface area contributed by atoms with Gasteiger partial charge in [-0.15, -0.1) is 0 Å². The number of aryl methyl sites for hydroxylation is 3. The molecule has 2 rings (SSSR count). The average Bonchev–Trinajstić information content (AvgIpc) is 2.71. The van der Waals surface area contributed by atoms with Crippen LogP contribution in [0.2, 0.25) is 0 Å². The predicted molar refractivity (Wildman–Crippen MR) is 136 cm³/mol. The van der Waals surface area contributed by atoms with Gasteiger partial charge in [0.1, 0.15) is 0 Å². The summed E-state index contributed by atoms with van der Waals surface area (Å²) in [5.74, 6) is 0.699. The Bertz CT molecular complexity index is 649. The van der Waals surface area contributed by atoms with Crippen molar-refractivity contribution in [3.8, 4) is 6.07 Å². The van der Waals surface area contributed by atoms with E-state index in [0.29, 0.717) is 12.3 Å². The van der Waals surface area contributed by atoms with E-state index in [9.17, 15) is 0 Å². The molecule has 2 nitrogen and oxygen atoms in total. The van der Waals surface area contributed by atoms with Gasteiger partial charge in [-0.3, -0.25) is 0 Å². The topological polar surface area (TPSA) is 27.0 Å². The quantitative estimate of drug-likeness (QED) is 0.477. The number of benzene rings is 2. The summed E-state index contributed by atoms with van der Waals surface area (Å²) in [6.45, 7) is 20.9. The van der Waals surface area contributed by atoms with Crippen LogP contribution in [0.4, 0.5) is 5.69 Å². The highest BCUT2D eigenvalue weighted by Gasteiger charge is 2.06. The lowest BCUT2D eigenvalue weighted by atomic mass is 10.1. The van der Waals surface area contributed by atoms with E-state index >= 15 is 0 Å². The van der Waals surface area contributed by atoms with E-state index in [4.69, 9.17) is 5.26 Å². The minimum atomic E-state index is 0.589. The van der Waals surface area contributed by atoms with Crippen LogP contribution < -0.4 is 4.90 Å². The molecule has 0 unspecified atom stereocenters. The summed E-state index contributed by atoms with van der Waals surface area (Å²) in [4.78, 5) is 2.31. The van der Waals surface area contributed by atoms with Crippen LogP contribution in [0.3, 0.4) is 0 Å². The van der Waals surface area contributed by atoms with Crippen LogP contribution in [0.1, 0.15) is 77.5 Å². The van der Waals surface area contributed by atoms with Gasteiger partial charge in [0, 0.05) is 18.8 Å². The van der Waals surface area contributed by atoms with Gasteiger partial charge in [0.25, 0.3) is 0 Å². The lowest BCUT2D eigenvalue weighted by molar-refractivity contribution is 0.573. The van der Waals surface area contributed by atoms with Crippen LogP contribution >= 0.6 is 0 Å². The van der Waals surface area contributed by atoms with Crippen LogP contribution in [0.25, 0.3) is 0 Å². The van der Waals surface area contributed by atoms with Gasteiger partial charge in [0.2, 0.25) is 0 Å². The van der Waals surface area contributed by atoms with Gasteiger partial charge in [-0.2, -0.15) is 5.26 Å². The first kappa shape index (κ1) is 29.9. The Morgan fingerprint density at radius 2 is 1.33 bits per heavy atom. The summed E-state index contributed by atoms with van der Waals surface area (Å²) < 4.78 is 0. The largest absolute Gasteiger partial charge is 0.370 e. The van der Waals surface area contributed by atoms with Crippen molar-refractivity contribution in [1.82, 2.24) is 0 Å². The first-order valence-electron chi connectivity index (χ1n) is 11.6. The number of hydrogen-bond donors (Lipinski definition) is 0. The second-order valence-corrected chi connectivity index (χ2v) is 7.78. The fraction of sp³-hybridized carbons (Fsp3) is 0.536. The van der Waals surface area contributed by atoms with Crippen molar-refractivity contribution in [3.63, 3.8) is 0 Å². The minimum absolute atomic E-state index is 0.589. The average molecular weight is 411 g/mol. The monoisotopic (exact) mass is 410 g/mol. The number of anilines is 1. The Morgan fingerprint density at radius 3 is 1.70 bits per heavy atom. The van der Waals surface area contributed by atoms with E-state index in [1.807, 2.05) is 13.8 Å². The highest BCUT2D eigenvalue weighted by atomic mass is 15.1. The van der Waals surface area contributed by atoms with Gasteiger partial charge in [0.05, 0.1) is 12.5 Å². The maximum absolute atomic E-state index is 8.71. The number of nitriles is 1. The van der Waals surface area contributed by atoms with Gasteiger partial charge in [-0.25, -0.2) is 0 Å². The molecule has 0 atom stereocenters. The zero-order chi connectivity index (χ0) is 23.4. The predicted octanol–water partition coefficient (Wildman–Crippen LogP) is 8.51. The molecular formula is C28H46N2. The lowest BCUT2D eigenvalue weighted by Crippen LogP contribution is -2.26. The third kappa shape index (κ3) is 16.7. The van der Waals surface area contributed by atoms with E-state index in [1.54, 1.807) is 0 Å². The van der Waals surface area contributed by atoms with Crippen LogP contribution in [0, 0.1) is 38.0 Å². The molecular weight excluding hydrogens is 364 g/mol. The first-order valence-corrected chi connectivity index (χ1v) is 11.6. The van der Waals surface area contributed by atoms with Crippen molar-refractivity contribution in [1.29, 1.82) is 5.26 Å². The summed E-state index contributed by atoms with van der Waals surface area (Å²) in [6.07, 6.45) is 3.01. The second kappa shape index (κ2) is 20.0. The standard InChI is InChI=1S/C15H22N2.C8H10.C3H8.C2H6/c1-13(2)9-12-17(11-4-10-16)15-7-5-14(3)6-8-15;1-7-4-3-5-8(2)6-7;1-3-2;1-2/h5-8,13H,4,9,11-12H2,1-3H3;3-6H,1-2H3;3H2,1-2H3;1-2H3. The molecule has 2 heteroatoms. The Labute approximate surface area is 187 Å². The molecule has 0 heterocycles. The molecule has 0 aliphatic heterocycles. The summed E-state index contributed by atoms with van der Waals surface area (Å²) >= 11 is 0. The Hall–Kier alpha value is -2.27. The van der Waals surface area contributed by atoms with Crippen LogP contribution in [-0.2, 0) is 0 Å². The van der Waals surface area contributed by atoms with Crippen molar-refractivity contribution < 1.29 is 0 Å². The molecule has 0 saturated carbocycles. The molecule has 0 fully saturated rings. The molecule has 0 aliphatic carbocycles. The van der Waals surface area contributed by atoms with E-state index in [2.05, 4.69) is 108 Å². The van der Waals surface area contributed by atoms with Gasteiger partial charge in [-0.1, -0.05) is 101 Å². The molecule has 0 radical (unpaired) electrons. The van der Waals surface area contributed by atoms with Crippen molar-refractivity contribution in [2.45, 2.75) is 81.6 Å². The van der Waals surface area contributed by atoms with Gasteiger partial charge in [-0.05, 0) is 45.2 Å². The Kier molecular flexibility index (Phi) is 20.0. The van der Waals surface area contributed by atoms with E-state index in [1.165, 1.54) is 35.2 Å². The van der Waals surface area contributed by atoms with Gasteiger partial charge < -0.3 is 4.90 Å². The number of nitrogens with zero attached hydrogens (tertiary/aromatic N) is 2. The fourth-order valence-corrected chi connectivity index (χ4v) is 2.53. The molecule has 0 spiro atoms. The highest BCUT2D eigenvalue weighted by Crippen LogP contribution is 2.17. The summed E-state index contributed by atoms with van der Waals surface area (Å²) in [5.41, 5.74) is 5.18. The summed E-state index contributed by atoms with van der Waals surface area (Å²) in [5, 5.41) is 8.71. The van der Waals surface area contributed by atoms with Crippen LogP contribution in [0.15, 0.2) is 48.5 Å². The van der Waals surface area contributed by atoms with E-state index < -0.39 is 0 Å². The zero-order valence-corrected chi connectivity index (χ0v) is 21.1. The third-order valence-corrected chi connectivity index (χ3v) is 4.04. The summed E-state index contributed by atoms with van der Waals surface area (Å²) in [7, 11) is 0. The van der Waals surface area contributed by atoms with Crippen molar-refractivity contribution in [3.05, 3.63) is 65.2 Å². The Balaban J connectivity index is 0. The number of hydrogen-bond acceptors (Lipinski definition) is 2. The maximum Gasteiger partial charge on any atom is 0.0640 e. The van der Waals surface area contributed by atoms with Gasteiger partial charge in [0.15, 0.2) is 0 Å². The fourth-order valence-electron chi connectivity index (χ4n) is 2.53. The molecule has 0 saturated heterocycles. The third-order valence-electron chi connectivity index (χ3n) is 4.04. The second-order valence-electron chi connectivity index (χ2n) is 7.78. The smallest absolute Gasteiger partial charge is 0.0640 e. The lowest BCUT2D eigenvalue weighted by Gasteiger charge is -2.24. The van der Waals surface area contributed by atoms with Crippen molar-refractivity contribution >= 4 is 5.69 Å². The van der Waals surface area contributed by atoms with Crippen molar-refractivity contribution in [2.24, 2.45) is 5.92 Å². The molecule has 0 bridgehead atoms. The highest BCUT2D eigenvalue weighted by molar-refractivity contribution is 5.47. The normalized spacial score (nSPS) is 9.10. The minimum Gasteiger partial charge on any atom is -0.370 e. The molecule has 0 amide bonds. The molecule has 0 N–H and O–H groups in total. The molecule has 2 aromatic carbocycles. The first-order chi connectivity index (χ1) is 14.3. The van der Waals surface area contributed by atoms with E-state index in [-0.39, 0.29) is 0 Å².